The van der Waals surface area contributed by atoms with Gasteiger partial charge in [-0.1, -0.05) is 0 Å². The van der Waals surface area contributed by atoms with Gasteiger partial charge in [0.25, 0.3) is 0 Å². The summed E-state index contributed by atoms with van der Waals surface area (Å²) < 4.78 is 0. The molecule has 0 unspecified atom stereocenters. The van der Waals surface area contributed by atoms with Crippen LogP contribution < -0.4 is 0 Å². The lowest BCUT2D eigenvalue weighted by Crippen LogP contribution is -2.43. The van der Waals surface area contributed by atoms with E-state index in [1.807, 2.05) is 23.6 Å². The minimum atomic E-state index is -0.317. The van der Waals surface area contributed by atoms with Crippen molar-refractivity contribution >= 4 is 11.6 Å². The van der Waals surface area contributed by atoms with E-state index < -0.39 is 0 Å². The molecule has 132 valence electrons. The highest BCUT2D eigenvalue weighted by Crippen LogP contribution is 2.36. The lowest BCUT2D eigenvalue weighted by molar-refractivity contribution is -0.121. The molecule has 0 aromatic carbocycles. The number of nitrogens with zero attached hydrogens (tertiary/aromatic N) is 4. The Labute approximate surface area is 141 Å². The second-order valence-electron chi connectivity index (χ2n) is 6.02. The molecule has 2 saturated heterocycles. The monoisotopic (exact) mass is 336 g/mol. The van der Waals surface area contributed by atoms with Crippen molar-refractivity contribution in [2.75, 3.05) is 52.7 Å². The fourth-order valence-electron chi connectivity index (χ4n) is 3.03. The van der Waals surface area contributed by atoms with E-state index >= 15 is 0 Å². The second-order valence-corrected chi connectivity index (χ2v) is 6.02. The summed E-state index contributed by atoms with van der Waals surface area (Å²) >= 11 is 0. The Balaban J connectivity index is 2.13. The second kappa shape index (κ2) is 6.45. The number of rotatable bonds is 8. The van der Waals surface area contributed by atoms with E-state index in [1.54, 1.807) is 0 Å². The van der Waals surface area contributed by atoms with Crippen LogP contribution in [0.2, 0.25) is 0 Å². The van der Waals surface area contributed by atoms with Crippen LogP contribution >= 0.6 is 0 Å². The molecule has 2 heterocycles. The van der Waals surface area contributed by atoms with Crippen molar-refractivity contribution in [3.05, 3.63) is 22.8 Å². The first-order chi connectivity index (χ1) is 11.6. The number of Topliss-reactive ketones (excluding diaryl/α,β-unsaturated/α-hetero) is 2. The molecule has 0 aromatic rings. The maximum Gasteiger partial charge on any atom is 0.229 e. The van der Waals surface area contributed by atoms with Gasteiger partial charge < -0.3 is 29.8 Å². The van der Waals surface area contributed by atoms with E-state index in [2.05, 4.69) is 0 Å². The summed E-state index contributed by atoms with van der Waals surface area (Å²) in [6.07, 6.45) is 0. The summed E-state index contributed by atoms with van der Waals surface area (Å²) in [6.45, 7) is 6.79. The molecule has 0 amide bonds. The van der Waals surface area contributed by atoms with Gasteiger partial charge in [-0.05, 0) is 13.8 Å². The summed E-state index contributed by atoms with van der Waals surface area (Å²) in [5.74, 6) is -0.487. The van der Waals surface area contributed by atoms with Crippen molar-refractivity contribution in [3.8, 4) is 0 Å². The molecule has 0 spiro atoms. The first-order valence-corrected chi connectivity index (χ1v) is 8.38. The third-order valence-corrected chi connectivity index (χ3v) is 4.57. The molecule has 2 N–H and O–H groups in total. The lowest BCUT2D eigenvalue weighted by atomic mass is 9.97. The number of hydrogen-bond donors (Lipinski definition) is 2. The third kappa shape index (κ3) is 2.65. The molecule has 0 bridgehead atoms. The van der Waals surface area contributed by atoms with Crippen molar-refractivity contribution in [3.63, 3.8) is 0 Å². The van der Waals surface area contributed by atoms with Crippen molar-refractivity contribution in [1.29, 1.82) is 0 Å². The van der Waals surface area contributed by atoms with Gasteiger partial charge in [0.1, 0.15) is 36.2 Å². The van der Waals surface area contributed by atoms with Gasteiger partial charge >= 0.3 is 0 Å². The molecule has 0 aromatic heterocycles. The third-order valence-electron chi connectivity index (χ3n) is 4.57. The molecule has 1 aliphatic carbocycles. The number of ketones is 2. The fraction of sp³-hybridized carbons (Fsp3) is 0.625. The number of likely N-dealkylation sites (N-methyl/N-ethyl adjacent to an activating group) is 2. The first kappa shape index (κ1) is 16.8. The van der Waals surface area contributed by atoms with Gasteiger partial charge in [-0.25, -0.2) is 0 Å². The van der Waals surface area contributed by atoms with Crippen molar-refractivity contribution < 1.29 is 19.8 Å². The van der Waals surface area contributed by atoms with E-state index in [9.17, 15) is 19.8 Å². The summed E-state index contributed by atoms with van der Waals surface area (Å²) in [4.78, 5) is 33.2. The lowest BCUT2D eigenvalue weighted by Gasteiger charge is -2.34. The smallest absolute Gasteiger partial charge is 0.229 e. The van der Waals surface area contributed by atoms with Gasteiger partial charge in [-0.3, -0.25) is 9.59 Å². The molecule has 2 fully saturated rings. The van der Waals surface area contributed by atoms with Gasteiger partial charge in [0.05, 0.1) is 0 Å². The number of carbonyl (C=O) groups excluding carboxylic acids is 2. The Hall–Kier alpha value is -2.06. The average molecular weight is 336 g/mol. The Morgan fingerprint density at radius 2 is 1.12 bits per heavy atom. The number of carbonyl (C=O) groups is 2. The molecular formula is C16H24N4O4. The molecule has 2 aliphatic heterocycles. The summed E-state index contributed by atoms with van der Waals surface area (Å²) in [7, 11) is 0. The van der Waals surface area contributed by atoms with Crippen LogP contribution in [0.5, 0.6) is 0 Å². The zero-order chi connectivity index (χ0) is 17.4. The number of hydrogen-bond acceptors (Lipinski definition) is 8. The quantitative estimate of drug-likeness (QED) is 0.323. The minimum Gasteiger partial charge on any atom is -0.376 e. The van der Waals surface area contributed by atoms with Crippen LogP contribution in [0.1, 0.15) is 13.8 Å². The van der Waals surface area contributed by atoms with Crippen molar-refractivity contribution in [2.45, 2.75) is 13.8 Å². The van der Waals surface area contributed by atoms with Crippen LogP contribution in [0.15, 0.2) is 22.8 Å². The standard InChI is InChI=1S/C16H24N4O4/c1-3-17(9-21)11-13(19-5-6-19)16(24)12(18(4-2)10-22)14(15(11)23)20-7-8-20/h21-22H,3-10H2,1-2H3. The van der Waals surface area contributed by atoms with Crippen LogP contribution in [0.25, 0.3) is 0 Å². The Bertz CT molecular complexity index is 558. The molecule has 3 rings (SSSR count). The zero-order valence-corrected chi connectivity index (χ0v) is 14.2. The van der Waals surface area contributed by atoms with E-state index in [0.29, 0.717) is 24.5 Å². The molecule has 3 aliphatic rings. The van der Waals surface area contributed by atoms with Crippen LogP contribution in [-0.4, -0.2) is 94.1 Å². The first-order valence-electron chi connectivity index (χ1n) is 8.38. The maximum atomic E-state index is 13.2. The van der Waals surface area contributed by atoms with Crippen molar-refractivity contribution in [1.82, 2.24) is 19.6 Å². The van der Waals surface area contributed by atoms with Crippen molar-refractivity contribution in [2.24, 2.45) is 0 Å². The van der Waals surface area contributed by atoms with Crippen LogP contribution in [0, 0.1) is 0 Å². The van der Waals surface area contributed by atoms with Crippen LogP contribution in [-0.2, 0) is 9.59 Å². The van der Waals surface area contributed by atoms with Gasteiger partial charge in [0, 0.05) is 39.3 Å². The van der Waals surface area contributed by atoms with E-state index in [0.717, 1.165) is 26.2 Å². The van der Waals surface area contributed by atoms with Gasteiger partial charge in [0.15, 0.2) is 0 Å². The predicted octanol–water partition coefficient (Wildman–Crippen LogP) is -1.26. The molecule has 24 heavy (non-hydrogen) atoms. The number of aliphatic hydroxyl groups is 2. The van der Waals surface area contributed by atoms with E-state index in [4.69, 9.17) is 0 Å². The number of aliphatic hydroxyl groups excluding tert-OH is 2. The molecule has 0 atom stereocenters. The predicted molar refractivity (Wildman–Crippen MR) is 86.1 cm³/mol. The average Bonchev–Trinajstić information content (AvgIpc) is 3.46. The molecular weight excluding hydrogens is 312 g/mol. The fourth-order valence-corrected chi connectivity index (χ4v) is 3.03. The summed E-state index contributed by atoms with van der Waals surface area (Å²) in [6, 6.07) is 0. The largest absolute Gasteiger partial charge is 0.376 e. The molecule has 0 radical (unpaired) electrons. The van der Waals surface area contributed by atoms with Crippen LogP contribution in [0.3, 0.4) is 0 Å². The highest BCUT2D eigenvalue weighted by atomic mass is 16.3. The Morgan fingerprint density at radius 3 is 1.33 bits per heavy atom. The van der Waals surface area contributed by atoms with Gasteiger partial charge in [0.2, 0.25) is 11.6 Å². The SMILES string of the molecule is CCN(CO)C1=C(N2CC2)C(=O)C(N(CC)CO)=C(N2CC2)C1=O. The topological polar surface area (TPSA) is 87.1 Å². The molecule has 0 saturated carbocycles. The maximum absolute atomic E-state index is 13.2. The zero-order valence-electron chi connectivity index (χ0n) is 14.2. The van der Waals surface area contributed by atoms with Gasteiger partial charge in [-0.15, -0.1) is 0 Å². The molecule has 8 nitrogen and oxygen atoms in total. The summed E-state index contributed by atoms with van der Waals surface area (Å²) in [5.41, 5.74) is 1.26. The summed E-state index contributed by atoms with van der Waals surface area (Å²) in [5, 5.41) is 19.3. The minimum absolute atomic E-state index is 0.244. The highest BCUT2D eigenvalue weighted by molar-refractivity contribution is 6.24. The Kier molecular flexibility index (Phi) is 4.51. The Morgan fingerprint density at radius 1 is 0.792 bits per heavy atom. The van der Waals surface area contributed by atoms with E-state index in [-0.39, 0.29) is 36.4 Å². The van der Waals surface area contributed by atoms with Gasteiger partial charge in [-0.2, -0.15) is 0 Å². The van der Waals surface area contributed by atoms with Crippen LogP contribution in [0.4, 0.5) is 0 Å². The highest BCUT2D eigenvalue weighted by Gasteiger charge is 2.46. The molecule has 8 heteroatoms. The normalized spacial score (nSPS) is 20.2. The van der Waals surface area contributed by atoms with E-state index in [1.165, 1.54) is 9.80 Å².